The second-order valence-electron chi connectivity index (χ2n) is 10.3. The normalized spacial score (nSPS) is 20.9. The fourth-order valence-corrected chi connectivity index (χ4v) is 6.95. The summed E-state index contributed by atoms with van der Waals surface area (Å²) >= 11 is 0. The molecule has 6 rings (SSSR count). The molecule has 2 aromatic heterocycles. The number of benzene rings is 1. The van der Waals surface area contributed by atoms with Crippen LogP contribution in [0.15, 0.2) is 36.5 Å². The number of hydrogen-bond acceptors (Lipinski definition) is 8. The number of nitrogens with one attached hydrogen (secondary N) is 2. The summed E-state index contributed by atoms with van der Waals surface area (Å²) in [6.45, 7) is -1.42. The summed E-state index contributed by atoms with van der Waals surface area (Å²) in [6, 6.07) is 9.56. The van der Waals surface area contributed by atoms with Crippen LogP contribution in [-0.4, -0.2) is 59.3 Å². The quantitative estimate of drug-likeness (QED) is 0.461. The van der Waals surface area contributed by atoms with Gasteiger partial charge in [0.2, 0.25) is 5.91 Å². The number of ether oxygens (including phenoxy) is 1. The third-order valence-electron chi connectivity index (χ3n) is 7.44. The molecule has 3 aromatic rings. The van der Waals surface area contributed by atoms with Gasteiger partial charge in [0.1, 0.15) is 17.4 Å². The summed E-state index contributed by atoms with van der Waals surface area (Å²) in [5.74, 6) is -2.18. The molecular weight excluding hydrogens is 565 g/mol. The molecule has 0 unspecified atom stereocenters. The average Bonchev–Trinajstić information content (AvgIpc) is 3.43. The molecule has 1 aliphatic carbocycles. The summed E-state index contributed by atoms with van der Waals surface area (Å²) in [4.78, 5) is 30.8. The van der Waals surface area contributed by atoms with Crippen molar-refractivity contribution in [2.75, 3.05) is 23.4 Å². The fourth-order valence-electron chi connectivity index (χ4n) is 5.52. The Hall–Kier alpha value is -4.45. The highest BCUT2D eigenvalue weighted by molar-refractivity contribution is 7.92. The lowest BCUT2D eigenvalue weighted by atomic mass is 9.82. The van der Waals surface area contributed by atoms with Crippen LogP contribution >= 0.6 is 0 Å². The maximum Gasteiger partial charge on any atom is 0.422 e. The number of hydrogen-bond donors (Lipinski definition) is 2. The molecule has 0 bridgehead atoms. The lowest BCUT2D eigenvalue weighted by molar-refractivity contribution is -0.153. The highest BCUT2D eigenvalue weighted by Crippen LogP contribution is 2.44. The van der Waals surface area contributed by atoms with Crippen LogP contribution in [0.1, 0.15) is 39.2 Å². The molecule has 212 valence electrons. The van der Waals surface area contributed by atoms with Gasteiger partial charge in [-0.25, -0.2) is 13.4 Å². The number of amides is 2. The Kier molecular flexibility index (Phi) is 6.07. The summed E-state index contributed by atoms with van der Waals surface area (Å²) in [6.07, 6.45) is -2.01. The summed E-state index contributed by atoms with van der Waals surface area (Å²) < 4.78 is 67.2. The maximum atomic E-state index is 13.6. The van der Waals surface area contributed by atoms with Crippen LogP contribution in [-0.2, 0) is 33.0 Å². The van der Waals surface area contributed by atoms with Crippen molar-refractivity contribution in [3.63, 3.8) is 0 Å². The van der Waals surface area contributed by atoms with Gasteiger partial charge in [0.25, 0.3) is 5.91 Å². The Labute approximate surface area is 231 Å². The zero-order chi connectivity index (χ0) is 29.2. The Balaban J connectivity index is 1.35. The first-order valence-electron chi connectivity index (χ1n) is 12.5. The first kappa shape index (κ1) is 26.8. The van der Waals surface area contributed by atoms with E-state index in [1.165, 1.54) is 35.1 Å². The van der Waals surface area contributed by atoms with Crippen LogP contribution in [0, 0.1) is 17.2 Å². The van der Waals surface area contributed by atoms with E-state index in [1.54, 1.807) is 6.07 Å². The van der Waals surface area contributed by atoms with E-state index in [9.17, 15) is 31.2 Å². The van der Waals surface area contributed by atoms with Crippen LogP contribution in [0.5, 0.6) is 5.75 Å². The Morgan fingerprint density at radius 1 is 1.27 bits per heavy atom. The largest absolute Gasteiger partial charge is 0.484 e. The number of nitriles is 1. The van der Waals surface area contributed by atoms with Gasteiger partial charge in [-0.15, -0.1) is 0 Å². The maximum absolute atomic E-state index is 13.6. The molecule has 15 heteroatoms. The minimum absolute atomic E-state index is 0.0213. The lowest BCUT2D eigenvalue weighted by Gasteiger charge is -2.35. The number of aryl methyl sites for hydroxylation is 1. The SMILES string of the molecule is N#Cc1ccc(-n2nc3c(c2NC(=O)C2CS(=O)(=O)C2)C(=O)N[C@@]2(CCc4cc(OCC(F)(F)F)ccc42)C3)nc1. The monoisotopic (exact) mass is 586 g/mol. The van der Waals surface area contributed by atoms with Crippen molar-refractivity contribution in [1.82, 2.24) is 20.1 Å². The first-order chi connectivity index (χ1) is 19.4. The predicted octanol–water partition coefficient (Wildman–Crippen LogP) is 2.19. The molecule has 1 atom stereocenters. The number of rotatable bonds is 5. The van der Waals surface area contributed by atoms with Crippen molar-refractivity contribution in [2.24, 2.45) is 5.92 Å². The van der Waals surface area contributed by atoms with E-state index in [4.69, 9.17) is 10.00 Å². The number of nitrogens with zero attached hydrogens (tertiary/aromatic N) is 4. The molecule has 2 aliphatic heterocycles. The Morgan fingerprint density at radius 3 is 2.71 bits per heavy atom. The number of carbonyl (C=O) groups excluding carboxylic acids is 2. The van der Waals surface area contributed by atoms with Crippen molar-refractivity contribution in [2.45, 2.75) is 31.0 Å². The van der Waals surface area contributed by atoms with E-state index >= 15 is 0 Å². The van der Waals surface area contributed by atoms with Crippen LogP contribution < -0.4 is 15.4 Å². The molecule has 2 N–H and O–H groups in total. The van der Waals surface area contributed by atoms with Gasteiger partial charge < -0.3 is 15.4 Å². The zero-order valence-electron chi connectivity index (χ0n) is 21.2. The van der Waals surface area contributed by atoms with Crippen molar-refractivity contribution < 1.29 is 35.9 Å². The van der Waals surface area contributed by atoms with Gasteiger partial charge in [0, 0.05) is 12.6 Å². The van der Waals surface area contributed by atoms with Gasteiger partial charge in [-0.3, -0.25) is 9.59 Å². The van der Waals surface area contributed by atoms with Crippen LogP contribution in [0.2, 0.25) is 0 Å². The van der Waals surface area contributed by atoms with Crippen molar-refractivity contribution in [3.05, 3.63) is 64.5 Å². The van der Waals surface area contributed by atoms with E-state index in [0.717, 1.165) is 11.1 Å². The van der Waals surface area contributed by atoms with E-state index in [2.05, 4.69) is 20.7 Å². The smallest absolute Gasteiger partial charge is 0.422 e. The minimum Gasteiger partial charge on any atom is -0.484 e. The van der Waals surface area contributed by atoms with E-state index in [0.29, 0.717) is 18.5 Å². The lowest BCUT2D eigenvalue weighted by Crippen LogP contribution is -2.50. The number of fused-ring (bicyclic) bond motifs is 3. The predicted molar refractivity (Wildman–Crippen MR) is 136 cm³/mol. The molecule has 1 saturated heterocycles. The van der Waals surface area contributed by atoms with E-state index < -0.39 is 45.9 Å². The second-order valence-corrected chi connectivity index (χ2v) is 12.5. The van der Waals surface area contributed by atoms with Gasteiger partial charge in [-0.1, -0.05) is 6.07 Å². The standard InChI is InChI=1S/C26H21F3N6O5S/c27-26(28,29)13-40-17-2-3-18-15(7-17)5-6-25(18)8-19-21(24(37)33-25)22(32-23(36)16-11-41(38,39)12-16)35(34-19)20-4-1-14(9-30)10-31-20/h1-4,7,10,16H,5-6,8,11-13H2,(H,32,36)(H,33,37)/t25-/m0/s1. The number of anilines is 1. The van der Waals surface area contributed by atoms with Gasteiger partial charge in [0.15, 0.2) is 28.1 Å². The van der Waals surface area contributed by atoms with E-state index in [1.807, 2.05) is 6.07 Å². The topological polar surface area (TPSA) is 156 Å². The van der Waals surface area contributed by atoms with Crippen molar-refractivity contribution in [3.8, 4) is 17.6 Å². The van der Waals surface area contributed by atoms with Crippen LogP contribution in [0.3, 0.4) is 0 Å². The Morgan fingerprint density at radius 2 is 2.05 bits per heavy atom. The third kappa shape index (κ3) is 4.88. The first-order valence-corrected chi connectivity index (χ1v) is 14.3. The number of alkyl halides is 3. The van der Waals surface area contributed by atoms with Crippen molar-refractivity contribution in [1.29, 1.82) is 5.26 Å². The molecule has 1 spiro atoms. The molecule has 3 aliphatic rings. The van der Waals surface area contributed by atoms with Crippen molar-refractivity contribution >= 4 is 27.5 Å². The summed E-state index contributed by atoms with van der Waals surface area (Å²) in [5, 5.41) is 19.4. The van der Waals surface area contributed by atoms with Gasteiger partial charge >= 0.3 is 6.18 Å². The molecule has 0 radical (unpaired) electrons. The van der Waals surface area contributed by atoms with Gasteiger partial charge in [-0.05, 0) is 48.2 Å². The minimum atomic E-state index is -4.48. The molecule has 41 heavy (non-hydrogen) atoms. The second kappa shape index (κ2) is 9.30. The number of halogens is 3. The van der Waals surface area contributed by atoms with Gasteiger partial charge in [-0.2, -0.15) is 28.2 Å². The molecule has 0 saturated carbocycles. The fraction of sp³-hybridized carbons (Fsp3) is 0.346. The highest BCUT2D eigenvalue weighted by atomic mass is 32.2. The molecule has 1 fully saturated rings. The molecule has 1 aromatic carbocycles. The summed E-state index contributed by atoms with van der Waals surface area (Å²) in [7, 11) is -3.28. The Bertz CT molecular complexity index is 1730. The van der Waals surface area contributed by atoms with Gasteiger partial charge in [0.05, 0.1) is 34.2 Å². The number of sulfone groups is 1. The number of aromatic nitrogens is 3. The zero-order valence-corrected chi connectivity index (χ0v) is 22.0. The molecule has 11 nitrogen and oxygen atoms in total. The molecule has 4 heterocycles. The van der Waals surface area contributed by atoms with Crippen LogP contribution in [0.25, 0.3) is 5.82 Å². The molecular formula is C26H21F3N6O5S. The number of pyridine rings is 1. The molecule has 2 amide bonds. The van der Waals surface area contributed by atoms with Crippen LogP contribution in [0.4, 0.5) is 19.0 Å². The van der Waals surface area contributed by atoms with E-state index in [-0.39, 0.29) is 46.4 Å². The average molecular weight is 587 g/mol. The third-order valence-corrected chi connectivity index (χ3v) is 9.26. The number of carbonyl (C=O) groups is 2. The highest BCUT2D eigenvalue weighted by Gasteiger charge is 2.47. The summed E-state index contributed by atoms with van der Waals surface area (Å²) in [5.41, 5.74) is 1.31.